The first-order chi connectivity index (χ1) is 24.9. The molecule has 3 aromatic heterocycles. The summed E-state index contributed by atoms with van der Waals surface area (Å²) in [5.74, 6) is 0.204. The number of rotatable bonds is 8. The average molecular weight is 738 g/mol. The summed E-state index contributed by atoms with van der Waals surface area (Å²) in [5, 5.41) is 3.04. The van der Waals surface area contributed by atoms with Crippen LogP contribution in [0.3, 0.4) is 0 Å². The number of hydrogen-bond acceptors (Lipinski definition) is 8. The number of nitrogens with zero attached hydrogens (tertiary/aromatic N) is 4. The number of nitrogens with one attached hydrogen (secondary N) is 1. The van der Waals surface area contributed by atoms with Crippen molar-refractivity contribution in [2.24, 2.45) is 4.99 Å². The van der Waals surface area contributed by atoms with Gasteiger partial charge in [0.25, 0.3) is 11.5 Å². The number of carbonyl (C=O) groups excluding carboxylic acids is 1. The minimum absolute atomic E-state index is 0.124. The van der Waals surface area contributed by atoms with Gasteiger partial charge in [0.15, 0.2) is 15.1 Å². The van der Waals surface area contributed by atoms with Crippen LogP contribution < -0.4 is 20.2 Å². The Balaban J connectivity index is 1.25. The Morgan fingerprint density at radius 1 is 0.962 bits per heavy atom. The lowest BCUT2D eigenvalue weighted by molar-refractivity contribution is -0.141. The van der Waals surface area contributed by atoms with E-state index in [-0.39, 0.29) is 33.3 Å². The Kier molecular flexibility index (Phi) is 9.56. The number of furan rings is 1. The maximum absolute atomic E-state index is 14.2. The van der Waals surface area contributed by atoms with Crippen LogP contribution in [0.2, 0.25) is 0 Å². The van der Waals surface area contributed by atoms with Gasteiger partial charge in [-0.25, -0.2) is 15.0 Å². The van der Waals surface area contributed by atoms with Crippen molar-refractivity contribution >= 4 is 40.8 Å². The Hall–Kier alpha value is -5.53. The van der Waals surface area contributed by atoms with E-state index in [1.165, 1.54) is 4.57 Å². The molecule has 0 unspecified atom stereocenters. The SMILES string of the molecule is CC1=C(C(=O)Nc2ccccc2)[C@@H](c2ccc(C(C)C)cc2)n2c(s/c(=C/c3ccc(Sc4nc(-c5ccccc5)cc(C(F)(F)F)n4)o3)c2=O)=N1. The molecule has 0 spiro atoms. The van der Waals surface area contributed by atoms with Gasteiger partial charge in [-0.1, -0.05) is 98.0 Å². The van der Waals surface area contributed by atoms with Crippen LogP contribution in [0, 0.1) is 0 Å². The number of halogens is 3. The van der Waals surface area contributed by atoms with Crippen LogP contribution in [0.1, 0.15) is 55.3 Å². The minimum atomic E-state index is -4.68. The van der Waals surface area contributed by atoms with E-state index in [0.29, 0.717) is 37.6 Å². The summed E-state index contributed by atoms with van der Waals surface area (Å²) in [6.07, 6.45) is -3.13. The molecule has 6 aromatic rings. The van der Waals surface area contributed by atoms with Crippen molar-refractivity contribution in [3.05, 3.63) is 157 Å². The predicted molar refractivity (Wildman–Crippen MR) is 195 cm³/mol. The molecule has 1 aliphatic heterocycles. The molecule has 0 aliphatic carbocycles. The van der Waals surface area contributed by atoms with E-state index in [9.17, 15) is 22.8 Å². The molecule has 52 heavy (non-hydrogen) atoms. The molecular formula is C39H30F3N5O3S2. The maximum Gasteiger partial charge on any atom is 0.433 e. The smallest absolute Gasteiger partial charge is 0.433 e. The Bertz CT molecular complexity index is 2490. The number of para-hydroxylation sites is 1. The van der Waals surface area contributed by atoms with Crippen LogP contribution in [0.4, 0.5) is 18.9 Å². The van der Waals surface area contributed by atoms with Crippen LogP contribution in [0.5, 0.6) is 0 Å². The first-order valence-electron chi connectivity index (χ1n) is 16.2. The molecule has 0 saturated carbocycles. The van der Waals surface area contributed by atoms with Crippen LogP contribution in [-0.4, -0.2) is 20.4 Å². The lowest BCUT2D eigenvalue weighted by atomic mass is 9.93. The van der Waals surface area contributed by atoms with E-state index in [0.717, 1.165) is 40.3 Å². The summed E-state index contributed by atoms with van der Waals surface area (Å²) in [6, 6.07) is 28.8. The molecule has 1 N–H and O–H groups in total. The summed E-state index contributed by atoms with van der Waals surface area (Å²) in [5.41, 5.74) is 2.48. The number of anilines is 1. The third-order valence-electron chi connectivity index (χ3n) is 8.35. The van der Waals surface area contributed by atoms with E-state index in [1.807, 2.05) is 42.5 Å². The van der Waals surface area contributed by atoms with E-state index in [4.69, 9.17) is 9.41 Å². The molecule has 0 fully saturated rings. The first-order valence-corrected chi connectivity index (χ1v) is 17.9. The van der Waals surface area contributed by atoms with Crippen LogP contribution >= 0.6 is 23.1 Å². The zero-order chi connectivity index (χ0) is 36.6. The number of thiazole rings is 1. The summed E-state index contributed by atoms with van der Waals surface area (Å²) in [6.45, 7) is 5.93. The quantitative estimate of drug-likeness (QED) is 0.158. The van der Waals surface area contributed by atoms with Gasteiger partial charge in [-0.05, 0) is 66.1 Å². The fraction of sp³-hybridized carbons (Fsp3) is 0.154. The number of benzene rings is 3. The molecule has 0 saturated heterocycles. The van der Waals surface area contributed by atoms with Crippen molar-refractivity contribution < 1.29 is 22.4 Å². The summed E-state index contributed by atoms with van der Waals surface area (Å²) in [4.78, 5) is 41.2. The molecule has 7 rings (SSSR count). The topological polar surface area (TPSA) is 102 Å². The van der Waals surface area contributed by atoms with Gasteiger partial charge in [0.1, 0.15) is 11.5 Å². The van der Waals surface area contributed by atoms with E-state index < -0.39 is 17.9 Å². The number of hydrogen-bond donors (Lipinski definition) is 1. The highest BCUT2D eigenvalue weighted by Gasteiger charge is 2.35. The van der Waals surface area contributed by atoms with Crippen molar-refractivity contribution in [1.29, 1.82) is 0 Å². The van der Waals surface area contributed by atoms with Crippen LogP contribution in [-0.2, 0) is 11.0 Å². The van der Waals surface area contributed by atoms with Gasteiger partial charge < -0.3 is 9.73 Å². The third-order valence-corrected chi connectivity index (χ3v) is 10.1. The maximum atomic E-state index is 14.2. The largest absolute Gasteiger partial charge is 0.450 e. The number of amides is 1. The van der Waals surface area contributed by atoms with Gasteiger partial charge in [-0.15, -0.1) is 0 Å². The van der Waals surface area contributed by atoms with Gasteiger partial charge in [-0.3, -0.25) is 14.2 Å². The van der Waals surface area contributed by atoms with Crippen molar-refractivity contribution in [2.45, 2.75) is 49.2 Å². The highest BCUT2D eigenvalue weighted by molar-refractivity contribution is 7.99. The van der Waals surface area contributed by atoms with Gasteiger partial charge >= 0.3 is 6.18 Å². The molecule has 13 heteroatoms. The molecule has 262 valence electrons. The number of aromatic nitrogens is 3. The second-order valence-electron chi connectivity index (χ2n) is 12.3. The van der Waals surface area contributed by atoms with E-state index in [2.05, 4.69) is 29.1 Å². The first kappa shape index (κ1) is 34.9. The van der Waals surface area contributed by atoms with Gasteiger partial charge in [0, 0.05) is 17.3 Å². The monoisotopic (exact) mass is 737 g/mol. The number of carbonyl (C=O) groups is 1. The van der Waals surface area contributed by atoms with Gasteiger partial charge in [0.2, 0.25) is 0 Å². The van der Waals surface area contributed by atoms with Crippen molar-refractivity contribution in [1.82, 2.24) is 14.5 Å². The molecular weight excluding hydrogens is 708 g/mol. The molecule has 1 aliphatic rings. The average Bonchev–Trinajstić information content (AvgIpc) is 3.70. The fourth-order valence-corrected chi connectivity index (χ4v) is 7.54. The lowest BCUT2D eigenvalue weighted by Crippen LogP contribution is -2.40. The molecule has 0 bridgehead atoms. The predicted octanol–water partition coefficient (Wildman–Crippen LogP) is 8.22. The number of alkyl halides is 3. The third kappa shape index (κ3) is 7.28. The second-order valence-corrected chi connectivity index (χ2v) is 14.2. The Labute approximate surface area is 304 Å². The van der Waals surface area contributed by atoms with E-state index in [1.54, 1.807) is 67.6 Å². The normalized spacial score (nSPS) is 14.8. The van der Waals surface area contributed by atoms with E-state index >= 15 is 0 Å². The Morgan fingerprint density at radius 2 is 1.65 bits per heavy atom. The molecule has 4 heterocycles. The minimum Gasteiger partial charge on any atom is -0.450 e. The van der Waals surface area contributed by atoms with Crippen molar-refractivity contribution in [3.63, 3.8) is 0 Å². The molecule has 1 atom stereocenters. The van der Waals surface area contributed by atoms with Crippen LogP contribution in [0.25, 0.3) is 17.3 Å². The summed E-state index contributed by atoms with van der Waals surface area (Å²) in [7, 11) is 0. The number of fused-ring (bicyclic) bond motifs is 1. The zero-order valence-corrected chi connectivity index (χ0v) is 29.6. The van der Waals surface area contributed by atoms with Crippen molar-refractivity contribution in [2.75, 3.05) is 5.32 Å². The standard InChI is InChI=1S/C39H30F3N5O3S2/c1-22(2)24-14-16-26(17-15-24)34-33(35(48)44-27-12-8-5-9-13-27)23(3)43-38-47(34)36(49)30(51-38)20-28-18-19-32(50-28)52-37-45-29(25-10-6-4-7-11-25)21-31(46-37)39(40,41)42/h4-22,34H,1-3H3,(H,44,48)/b30-20+/t34-/m1/s1. The number of allylic oxidation sites excluding steroid dienone is 1. The molecule has 3 aromatic carbocycles. The van der Waals surface area contributed by atoms with Gasteiger partial charge in [-0.2, -0.15) is 13.2 Å². The molecule has 0 radical (unpaired) electrons. The molecule has 1 amide bonds. The summed E-state index contributed by atoms with van der Waals surface area (Å²) >= 11 is 1.98. The summed E-state index contributed by atoms with van der Waals surface area (Å²) < 4.78 is 49.1. The van der Waals surface area contributed by atoms with Crippen LogP contribution in [0.15, 0.2) is 139 Å². The highest BCUT2D eigenvalue weighted by atomic mass is 32.2. The second kappa shape index (κ2) is 14.2. The fourth-order valence-electron chi connectivity index (χ4n) is 5.77. The molecule has 8 nitrogen and oxygen atoms in total. The van der Waals surface area contributed by atoms with Gasteiger partial charge in [0.05, 0.1) is 27.5 Å². The van der Waals surface area contributed by atoms with Crippen molar-refractivity contribution in [3.8, 4) is 11.3 Å². The lowest BCUT2D eigenvalue weighted by Gasteiger charge is -2.25. The Morgan fingerprint density at radius 3 is 2.33 bits per heavy atom. The highest BCUT2D eigenvalue weighted by Crippen LogP contribution is 2.35. The zero-order valence-electron chi connectivity index (χ0n) is 28.0.